The van der Waals surface area contributed by atoms with Gasteiger partial charge in [-0.15, -0.1) is 0 Å². The van der Waals surface area contributed by atoms with E-state index in [4.69, 9.17) is 4.74 Å². The molecule has 124 valence electrons. The third kappa shape index (κ3) is 3.25. The number of ether oxygens (including phenoxy) is 1. The van der Waals surface area contributed by atoms with Gasteiger partial charge in [-0.1, -0.05) is 18.2 Å². The lowest BCUT2D eigenvalue weighted by atomic mass is 10.1. The lowest BCUT2D eigenvalue weighted by molar-refractivity contribution is -0.134. The van der Waals surface area contributed by atoms with Crippen molar-refractivity contribution < 1.29 is 9.53 Å². The highest BCUT2D eigenvalue weighted by molar-refractivity contribution is 6.04. The van der Waals surface area contributed by atoms with Gasteiger partial charge in [-0.3, -0.25) is 10.2 Å². The molecule has 1 aliphatic rings. The minimum absolute atomic E-state index is 0.218. The van der Waals surface area contributed by atoms with Crippen molar-refractivity contribution in [3.8, 4) is 5.88 Å². The molecule has 1 aromatic carbocycles. The number of imidazole rings is 1. The molecule has 3 heterocycles. The Morgan fingerprint density at radius 3 is 2.96 bits per heavy atom. The van der Waals surface area contributed by atoms with E-state index in [1.807, 2.05) is 24.3 Å². The lowest BCUT2D eigenvalue weighted by Gasteiger charge is -2.05. The molecule has 7 nitrogen and oxygen atoms in total. The molecule has 0 radical (unpaired) electrons. The third-order valence-corrected chi connectivity index (χ3v) is 3.83. The first kappa shape index (κ1) is 15.1. The Morgan fingerprint density at radius 2 is 2.08 bits per heavy atom. The van der Waals surface area contributed by atoms with Crippen LogP contribution in [0.25, 0.3) is 17.1 Å². The molecule has 1 aliphatic heterocycles. The number of benzene rings is 1. The Hall–Kier alpha value is -3.48. The molecule has 0 aliphatic carbocycles. The Morgan fingerprint density at radius 1 is 1.12 bits per heavy atom. The van der Waals surface area contributed by atoms with E-state index in [2.05, 4.69) is 25.5 Å². The van der Waals surface area contributed by atoms with Crippen molar-refractivity contribution >= 4 is 34.5 Å². The fraction of sp³-hybridized carbons (Fsp3) is 0.111. The number of hydrazone groups is 1. The average molecular weight is 333 g/mol. The molecule has 0 saturated heterocycles. The van der Waals surface area contributed by atoms with E-state index in [1.165, 1.54) is 0 Å². The normalized spacial score (nSPS) is 12.9. The molecule has 0 fully saturated rings. The molecule has 0 saturated carbocycles. The summed E-state index contributed by atoms with van der Waals surface area (Å²) in [5.41, 5.74) is 7.44. The summed E-state index contributed by atoms with van der Waals surface area (Å²) >= 11 is 0. The van der Waals surface area contributed by atoms with Gasteiger partial charge in [0.05, 0.1) is 29.7 Å². The van der Waals surface area contributed by atoms with Gasteiger partial charge < -0.3 is 9.72 Å². The van der Waals surface area contributed by atoms with Gasteiger partial charge in [-0.05, 0) is 18.2 Å². The fourth-order valence-corrected chi connectivity index (χ4v) is 2.58. The number of nitrogens with one attached hydrogen (secondary N) is 2. The number of hydrogen-bond acceptors (Lipinski definition) is 6. The van der Waals surface area contributed by atoms with Crippen LogP contribution in [0.15, 0.2) is 54.0 Å². The summed E-state index contributed by atoms with van der Waals surface area (Å²) in [4.78, 5) is 23.3. The number of carbonyl (C=O) groups is 1. The average Bonchev–Trinajstić information content (AvgIpc) is 3.02. The second kappa shape index (κ2) is 6.56. The minimum atomic E-state index is -0.341. The Balaban J connectivity index is 1.43. The smallest absolute Gasteiger partial charge is 0.312 e. The minimum Gasteiger partial charge on any atom is -0.407 e. The Bertz CT molecular complexity index is 976. The second-order valence-corrected chi connectivity index (χ2v) is 5.52. The summed E-state index contributed by atoms with van der Waals surface area (Å²) in [5.74, 6) is -0.0384. The topological polar surface area (TPSA) is 92.3 Å². The van der Waals surface area contributed by atoms with Gasteiger partial charge in [0.1, 0.15) is 5.52 Å². The maximum Gasteiger partial charge on any atom is 0.312 e. The number of aromatic nitrogens is 3. The van der Waals surface area contributed by atoms with Crippen LogP contribution in [0.1, 0.15) is 18.4 Å². The second-order valence-electron chi connectivity index (χ2n) is 5.52. The first-order chi connectivity index (χ1) is 12.3. The van der Waals surface area contributed by atoms with E-state index in [0.29, 0.717) is 12.3 Å². The Labute approximate surface area is 143 Å². The van der Waals surface area contributed by atoms with Crippen LogP contribution in [0.4, 0.5) is 5.69 Å². The summed E-state index contributed by atoms with van der Waals surface area (Å²) in [6, 6.07) is 9.15. The first-order valence-electron chi connectivity index (χ1n) is 7.88. The molecular weight excluding hydrogens is 318 g/mol. The van der Waals surface area contributed by atoms with Gasteiger partial charge in [-0.25, -0.2) is 9.97 Å². The van der Waals surface area contributed by atoms with Crippen LogP contribution in [0.3, 0.4) is 0 Å². The van der Waals surface area contributed by atoms with E-state index in [1.54, 1.807) is 30.7 Å². The van der Waals surface area contributed by atoms with Crippen LogP contribution in [0.5, 0.6) is 5.88 Å². The predicted octanol–water partition coefficient (Wildman–Crippen LogP) is 3.14. The van der Waals surface area contributed by atoms with E-state index >= 15 is 0 Å². The van der Waals surface area contributed by atoms with Crippen LogP contribution in [0.2, 0.25) is 0 Å². The van der Waals surface area contributed by atoms with Gasteiger partial charge in [0.2, 0.25) is 5.88 Å². The van der Waals surface area contributed by atoms with Gasteiger partial charge >= 0.3 is 5.97 Å². The molecule has 25 heavy (non-hydrogen) atoms. The molecule has 0 unspecified atom stereocenters. The fourth-order valence-electron chi connectivity index (χ4n) is 2.58. The summed E-state index contributed by atoms with van der Waals surface area (Å²) in [6.45, 7) is 0. The number of rotatable bonds is 4. The Kier molecular flexibility index (Phi) is 3.96. The third-order valence-electron chi connectivity index (χ3n) is 3.83. The highest BCUT2D eigenvalue weighted by Crippen LogP contribution is 2.27. The van der Waals surface area contributed by atoms with Crippen molar-refractivity contribution in [3.63, 3.8) is 0 Å². The molecule has 0 spiro atoms. The van der Waals surface area contributed by atoms with Gasteiger partial charge in [0.15, 0.2) is 0 Å². The van der Waals surface area contributed by atoms with E-state index in [9.17, 15) is 4.79 Å². The molecule has 0 amide bonds. The summed E-state index contributed by atoms with van der Waals surface area (Å²) in [6.07, 6.45) is 7.78. The number of nitrogens with zero attached hydrogens (tertiary/aromatic N) is 3. The highest BCUT2D eigenvalue weighted by Gasteiger charge is 2.12. The molecule has 3 aromatic rings. The van der Waals surface area contributed by atoms with Crippen molar-refractivity contribution in [3.05, 3.63) is 54.5 Å². The van der Waals surface area contributed by atoms with Crippen molar-refractivity contribution in [2.45, 2.75) is 12.8 Å². The molecule has 0 bridgehead atoms. The molecule has 2 N–H and O–H groups in total. The number of fused-ring (bicyclic) bond motifs is 3. The number of allylic oxidation sites excluding steroid dienone is 1. The van der Waals surface area contributed by atoms with Gasteiger partial charge in [0.25, 0.3) is 0 Å². The van der Waals surface area contributed by atoms with Gasteiger partial charge in [-0.2, -0.15) is 5.10 Å². The number of hydrogen-bond donors (Lipinski definition) is 2. The first-order valence-corrected chi connectivity index (χ1v) is 7.88. The SMILES string of the molecule is O=C(CCC1=NNc2c(ccc3[nH]cnc23)C=C1)Oc1ccccn1. The monoisotopic (exact) mass is 333 g/mol. The maximum atomic E-state index is 11.9. The van der Waals surface area contributed by atoms with E-state index in [0.717, 1.165) is 28.0 Å². The van der Waals surface area contributed by atoms with E-state index < -0.39 is 0 Å². The van der Waals surface area contributed by atoms with Crippen LogP contribution in [0, 0.1) is 0 Å². The highest BCUT2D eigenvalue weighted by atomic mass is 16.5. The standard InChI is InChI=1S/C18H15N5O2/c24-16(25-15-3-1-2-10-19-15)9-7-13-6-4-12-5-8-14-18(21-11-20-14)17(12)23-22-13/h1-6,8,10-11,23H,7,9H2,(H,20,21). The van der Waals surface area contributed by atoms with Crippen molar-refractivity contribution in [1.29, 1.82) is 0 Å². The number of H-pyrrole nitrogens is 1. The molecule has 4 rings (SSSR count). The summed E-state index contributed by atoms with van der Waals surface area (Å²) in [7, 11) is 0. The zero-order valence-electron chi connectivity index (χ0n) is 13.3. The molecular formula is C18H15N5O2. The number of esters is 1. The van der Waals surface area contributed by atoms with Crippen LogP contribution >= 0.6 is 0 Å². The summed E-state index contributed by atoms with van der Waals surface area (Å²) in [5, 5.41) is 4.38. The number of carbonyl (C=O) groups excluding carboxylic acids is 1. The van der Waals surface area contributed by atoms with Crippen molar-refractivity contribution in [2.75, 3.05) is 5.43 Å². The van der Waals surface area contributed by atoms with Crippen molar-refractivity contribution in [2.24, 2.45) is 5.10 Å². The number of pyridine rings is 1. The maximum absolute atomic E-state index is 11.9. The summed E-state index contributed by atoms with van der Waals surface area (Å²) < 4.78 is 5.18. The zero-order chi connectivity index (χ0) is 17.1. The predicted molar refractivity (Wildman–Crippen MR) is 95.3 cm³/mol. The quantitative estimate of drug-likeness (QED) is 0.716. The lowest BCUT2D eigenvalue weighted by Crippen LogP contribution is -2.11. The van der Waals surface area contributed by atoms with Gasteiger partial charge in [0, 0.05) is 24.2 Å². The van der Waals surface area contributed by atoms with Crippen LogP contribution < -0.4 is 10.2 Å². The van der Waals surface area contributed by atoms with Crippen molar-refractivity contribution in [1.82, 2.24) is 15.0 Å². The molecule has 0 atom stereocenters. The molecule has 7 heteroatoms. The molecule has 2 aromatic heterocycles. The number of aromatic amines is 1. The van der Waals surface area contributed by atoms with Crippen LogP contribution in [-0.4, -0.2) is 26.6 Å². The zero-order valence-corrected chi connectivity index (χ0v) is 13.3. The van der Waals surface area contributed by atoms with Crippen LogP contribution in [-0.2, 0) is 4.79 Å². The largest absolute Gasteiger partial charge is 0.407 e. The van der Waals surface area contributed by atoms with E-state index in [-0.39, 0.29) is 12.4 Å². The number of anilines is 1.